The number of hydrogen-bond acceptors (Lipinski definition) is 1. The highest BCUT2D eigenvalue weighted by molar-refractivity contribution is 6.31. The summed E-state index contributed by atoms with van der Waals surface area (Å²) in [6.07, 6.45) is 1.58. The van der Waals surface area contributed by atoms with E-state index in [1.165, 1.54) is 0 Å². The first-order chi connectivity index (χ1) is 6.38. The zero-order valence-corrected chi connectivity index (χ0v) is 9.77. The molecule has 0 bridgehead atoms. The lowest BCUT2D eigenvalue weighted by atomic mass is 9.92. The molecule has 4 heteroatoms. The Bertz CT molecular complexity index is 314. The SMILES string of the molecule is C[C@H](CF)n1ncc(Cl)c1C(C)(C)C. The molecule has 0 aliphatic heterocycles. The molecule has 1 rings (SSSR count). The van der Waals surface area contributed by atoms with Crippen LogP contribution in [0.1, 0.15) is 39.4 Å². The first-order valence-electron chi connectivity index (χ1n) is 4.67. The van der Waals surface area contributed by atoms with Crippen LogP contribution in [0.4, 0.5) is 4.39 Å². The van der Waals surface area contributed by atoms with Crippen LogP contribution < -0.4 is 0 Å². The Hall–Kier alpha value is -0.570. The minimum absolute atomic E-state index is 0.114. The molecule has 1 atom stereocenters. The molecular formula is C10H16ClFN2. The fourth-order valence-corrected chi connectivity index (χ4v) is 1.86. The standard InChI is InChI=1S/C10H16ClFN2/c1-7(5-12)14-9(10(2,3)4)8(11)6-13-14/h6-7H,5H2,1-4H3/t7-/m1/s1. The maximum atomic E-state index is 12.5. The summed E-state index contributed by atoms with van der Waals surface area (Å²) in [6, 6.07) is -0.253. The first kappa shape index (κ1) is 11.5. The van der Waals surface area contributed by atoms with Crippen molar-refractivity contribution >= 4 is 11.6 Å². The number of aromatic nitrogens is 2. The van der Waals surface area contributed by atoms with E-state index in [2.05, 4.69) is 5.10 Å². The van der Waals surface area contributed by atoms with Gasteiger partial charge < -0.3 is 0 Å². The van der Waals surface area contributed by atoms with Gasteiger partial charge in [0.15, 0.2) is 0 Å². The van der Waals surface area contributed by atoms with Gasteiger partial charge in [0.25, 0.3) is 0 Å². The molecule has 0 amide bonds. The van der Waals surface area contributed by atoms with Gasteiger partial charge in [-0.25, -0.2) is 4.39 Å². The molecule has 0 spiro atoms. The van der Waals surface area contributed by atoms with E-state index in [0.717, 1.165) is 5.69 Å². The van der Waals surface area contributed by atoms with E-state index < -0.39 is 6.67 Å². The Morgan fingerprint density at radius 1 is 1.57 bits per heavy atom. The summed E-state index contributed by atoms with van der Waals surface area (Å²) in [5, 5.41) is 4.71. The minimum atomic E-state index is -0.429. The predicted octanol–water partition coefficient (Wildman–Crippen LogP) is 3.36. The van der Waals surface area contributed by atoms with Crippen LogP contribution in [0.2, 0.25) is 5.02 Å². The van der Waals surface area contributed by atoms with Crippen molar-refractivity contribution in [2.75, 3.05) is 6.67 Å². The lowest BCUT2D eigenvalue weighted by Gasteiger charge is -2.23. The van der Waals surface area contributed by atoms with Crippen molar-refractivity contribution in [1.82, 2.24) is 9.78 Å². The summed E-state index contributed by atoms with van der Waals surface area (Å²) in [5.41, 5.74) is 0.779. The highest BCUT2D eigenvalue weighted by Crippen LogP contribution is 2.31. The number of hydrogen-bond donors (Lipinski definition) is 0. The Morgan fingerprint density at radius 2 is 2.14 bits per heavy atom. The third-order valence-electron chi connectivity index (χ3n) is 2.10. The second-order valence-corrected chi connectivity index (χ2v) is 4.95. The largest absolute Gasteiger partial charge is 0.262 e. The third kappa shape index (κ3) is 2.08. The Balaban J connectivity index is 3.19. The van der Waals surface area contributed by atoms with Gasteiger partial charge in [0, 0.05) is 5.41 Å². The summed E-state index contributed by atoms with van der Waals surface area (Å²) >= 11 is 6.02. The van der Waals surface area contributed by atoms with Gasteiger partial charge in [-0.15, -0.1) is 0 Å². The molecular weight excluding hydrogens is 203 g/mol. The summed E-state index contributed by atoms with van der Waals surface area (Å²) in [5.74, 6) is 0. The van der Waals surface area contributed by atoms with Crippen LogP contribution in [0.3, 0.4) is 0 Å². The van der Waals surface area contributed by atoms with Crippen LogP contribution in [-0.2, 0) is 5.41 Å². The number of alkyl halides is 1. The second-order valence-electron chi connectivity index (χ2n) is 4.54. The van der Waals surface area contributed by atoms with Gasteiger partial charge in [-0.3, -0.25) is 4.68 Å². The third-order valence-corrected chi connectivity index (χ3v) is 2.38. The van der Waals surface area contributed by atoms with Gasteiger partial charge in [0.05, 0.1) is 23.0 Å². The Morgan fingerprint density at radius 3 is 2.57 bits per heavy atom. The van der Waals surface area contributed by atoms with Crippen LogP contribution in [0, 0.1) is 0 Å². The van der Waals surface area contributed by atoms with E-state index in [9.17, 15) is 4.39 Å². The number of rotatable bonds is 2. The summed E-state index contributed by atoms with van der Waals surface area (Å²) in [6.45, 7) is 7.48. The molecule has 0 radical (unpaired) electrons. The van der Waals surface area contributed by atoms with Crippen molar-refractivity contribution < 1.29 is 4.39 Å². The average molecular weight is 219 g/mol. The maximum absolute atomic E-state index is 12.5. The summed E-state index contributed by atoms with van der Waals surface area (Å²) < 4.78 is 14.2. The average Bonchev–Trinajstić information content (AvgIpc) is 2.44. The van der Waals surface area contributed by atoms with E-state index >= 15 is 0 Å². The fraction of sp³-hybridized carbons (Fsp3) is 0.700. The highest BCUT2D eigenvalue weighted by Gasteiger charge is 2.25. The van der Waals surface area contributed by atoms with E-state index in [-0.39, 0.29) is 11.5 Å². The zero-order valence-electron chi connectivity index (χ0n) is 9.01. The van der Waals surface area contributed by atoms with E-state index in [1.54, 1.807) is 17.8 Å². The van der Waals surface area contributed by atoms with Crippen LogP contribution >= 0.6 is 11.6 Å². The molecule has 1 aromatic rings. The molecule has 1 heterocycles. The van der Waals surface area contributed by atoms with Gasteiger partial charge in [0.2, 0.25) is 0 Å². The first-order valence-corrected chi connectivity index (χ1v) is 5.05. The summed E-state index contributed by atoms with van der Waals surface area (Å²) in [4.78, 5) is 0. The minimum Gasteiger partial charge on any atom is -0.262 e. The van der Waals surface area contributed by atoms with Gasteiger partial charge in [-0.1, -0.05) is 32.4 Å². The van der Waals surface area contributed by atoms with Gasteiger partial charge in [-0.05, 0) is 6.92 Å². The topological polar surface area (TPSA) is 17.8 Å². The second kappa shape index (κ2) is 3.89. The van der Waals surface area contributed by atoms with Crippen LogP contribution in [-0.4, -0.2) is 16.5 Å². The lowest BCUT2D eigenvalue weighted by Crippen LogP contribution is -2.22. The van der Waals surface area contributed by atoms with Crippen molar-refractivity contribution in [3.05, 3.63) is 16.9 Å². The van der Waals surface area contributed by atoms with Crippen molar-refractivity contribution in [1.29, 1.82) is 0 Å². The molecule has 0 aromatic carbocycles. The molecule has 80 valence electrons. The number of halogens is 2. The van der Waals surface area contributed by atoms with E-state index in [0.29, 0.717) is 5.02 Å². The van der Waals surface area contributed by atoms with Crippen molar-refractivity contribution in [2.24, 2.45) is 0 Å². The molecule has 0 saturated carbocycles. The molecule has 0 saturated heterocycles. The van der Waals surface area contributed by atoms with Crippen molar-refractivity contribution in [2.45, 2.75) is 39.2 Å². The predicted molar refractivity (Wildman–Crippen MR) is 56.6 cm³/mol. The highest BCUT2D eigenvalue weighted by atomic mass is 35.5. The fourth-order valence-electron chi connectivity index (χ4n) is 1.44. The molecule has 14 heavy (non-hydrogen) atoms. The van der Waals surface area contributed by atoms with E-state index in [4.69, 9.17) is 11.6 Å². The molecule has 0 aliphatic carbocycles. The quantitative estimate of drug-likeness (QED) is 0.744. The monoisotopic (exact) mass is 218 g/mol. The maximum Gasteiger partial charge on any atom is 0.112 e. The normalized spacial score (nSPS) is 14.4. The molecule has 0 aliphatic rings. The smallest absolute Gasteiger partial charge is 0.112 e. The van der Waals surface area contributed by atoms with Gasteiger partial charge >= 0.3 is 0 Å². The van der Waals surface area contributed by atoms with Crippen LogP contribution in [0.15, 0.2) is 6.20 Å². The van der Waals surface area contributed by atoms with E-state index in [1.807, 2.05) is 20.8 Å². The van der Waals surface area contributed by atoms with Crippen molar-refractivity contribution in [3.8, 4) is 0 Å². The lowest BCUT2D eigenvalue weighted by molar-refractivity contribution is 0.335. The molecule has 2 nitrogen and oxygen atoms in total. The van der Waals surface area contributed by atoms with Crippen LogP contribution in [0.25, 0.3) is 0 Å². The Kier molecular flexibility index (Phi) is 3.20. The molecule has 0 unspecified atom stereocenters. The van der Waals surface area contributed by atoms with Gasteiger partial charge in [0.1, 0.15) is 6.67 Å². The van der Waals surface area contributed by atoms with Gasteiger partial charge in [-0.2, -0.15) is 5.10 Å². The van der Waals surface area contributed by atoms with Crippen LogP contribution in [0.5, 0.6) is 0 Å². The van der Waals surface area contributed by atoms with Crippen molar-refractivity contribution in [3.63, 3.8) is 0 Å². The number of nitrogens with zero attached hydrogens (tertiary/aromatic N) is 2. The summed E-state index contributed by atoms with van der Waals surface area (Å²) in [7, 11) is 0. The molecule has 1 aromatic heterocycles. The molecule has 0 N–H and O–H groups in total. The zero-order chi connectivity index (χ0) is 10.9. The Labute approximate surface area is 89.1 Å². The molecule has 0 fully saturated rings.